The molecule has 0 radical (unpaired) electrons. The second-order valence-corrected chi connectivity index (χ2v) is 13.7. The summed E-state index contributed by atoms with van der Waals surface area (Å²) in [6, 6.07) is 0. The fraction of sp³-hybridized carbons (Fsp3) is 0.933. The van der Waals surface area contributed by atoms with E-state index in [4.69, 9.17) is 9.84 Å². The molecule has 4 rings (SSSR count). The number of ether oxygens (including phenoxy) is 1. The van der Waals surface area contributed by atoms with Gasteiger partial charge in [-0.15, -0.1) is 0 Å². The maximum atomic E-state index is 11.6. The minimum Gasteiger partial charge on any atom is -0.396 e. The van der Waals surface area contributed by atoms with Crippen LogP contribution in [0, 0.1) is 40.4 Å². The van der Waals surface area contributed by atoms with E-state index in [1.807, 2.05) is 13.8 Å². The molecule has 3 saturated carbocycles. The van der Waals surface area contributed by atoms with Crippen LogP contribution >= 0.6 is 0 Å². The Labute approximate surface area is 213 Å². The molecule has 3 fully saturated rings. The summed E-state index contributed by atoms with van der Waals surface area (Å²) in [5.41, 5.74) is 0.672. The van der Waals surface area contributed by atoms with Gasteiger partial charge in [0.2, 0.25) is 0 Å². The highest BCUT2D eigenvalue weighted by Gasteiger charge is 2.62. The zero-order chi connectivity index (χ0) is 25.6. The predicted molar refractivity (Wildman–Crippen MR) is 139 cm³/mol. The van der Waals surface area contributed by atoms with E-state index >= 15 is 0 Å². The normalized spacial score (nSPS) is 44.3. The Hall–Kier alpha value is -0.460. The fourth-order valence-electron chi connectivity index (χ4n) is 9.22. The van der Waals surface area contributed by atoms with Crippen LogP contribution < -0.4 is 0 Å². The van der Waals surface area contributed by atoms with E-state index < -0.39 is 23.9 Å². The van der Waals surface area contributed by atoms with Crippen molar-refractivity contribution in [2.45, 2.75) is 123 Å². The quantitative estimate of drug-likeness (QED) is 0.273. The van der Waals surface area contributed by atoms with Crippen molar-refractivity contribution in [1.82, 2.24) is 0 Å². The number of aliphatic hydroxyl groups is 4. The molecule has 0 bridgehead atoms. The lowest BCUT2D eigenvalue weighted by molar-refractivity contribution is -0.180. The maximum absolute atomic E-state index is 11.6. The Balaban J connectivity index is 1.50. The van der Waals surface area contributed by atoms with Crippen molar-refractivity contribution in [1.29, 1.82) is 0 Å². The lowest BCUT2D eigenvalue weighted by Gasteiger charge is -2.60. The summed E-state index contributed by atoms with van der Waals surface area (Å²) in [6.07, 6.45) is 10.6. The highest BCUT2D eigenvalue weighted by molar-refractivity contribution is 5.29. The first-order valence-corrected chi connectivity index (χ1v) is 14.4. The van der Waals surface area contributed by atoms with Crippen molar-refractivity contribution in [2.24, 2.45) is 40.4 Å². The smallest absolute Gasteiger partial charge is 0.110 e. The fourth-order valence-corrected chi connectivity index (χ4v) is 9.22. The highest BCUT2D eigenvalue weighted by Crippen LogP contribution is 2.67. The minimum atomic E-state index is -0.716. The third-order valence-corrected chi connectivity index (χ3v) is 11.1. The molecular weight excluding hydrogens is 440 g/mol. The monoisotopic (exact) mass is 492 g/mol. The number of hydrogen-bond donors (Lipinski definition) is 4. The van der Waals surface area contributed by atoms with Gasteiger partial charge in [-0.05, 0) is 100 Å². The second kappa shape index (κ2) is 10.4. The summed E-state index contributed by atoms with van der Waals surface area (Å²) in [5.74, 6) is 3.11. The van der Waals surface area contributed by atoms with Crippen LogP contribution in [0.1, 0.15) is 98.8 Å². The highest BCUT2D eigenvalue weighted by atomic mass is 16.5. The third-order valence-electron chi connectivity index (χ3n) is 11.1. The van der Waals surface area contributed by atoms with Gasteiger partial charge in [0.25, 0.3) is 0 Å². The molecule has 4 aliphatic carbocycles. The molecule has 0 saturated heterocycles. The lowest BCUT2D eigenvalue weighted by atomic mass is 9.46. The van der Waals surface area contributed by atoms with E-state index in [-0.39, 0.29) is 12.0 Å². The Morgan fingerprint density at radius 3 is 2.54 bits per heavy atom. The summed E-state index contributed by atoms with van der Waals surface area (Å²) in [4.78, 5) is 0. The molecule has 35 heavy (non-hydrogen) atoms. The van der Waals surface area contributed by atoms with Gasteiger partial charge in [0.05, 0.1) is 17.8 Å². The van der Waals surface area contributed by atoms with Crippen molar-refractivity contribution in [3.8, 4) is 0 Å². The molecule has 0 spiro atoms. The van der Waals surface area contributed by atoms with Gasteiger partial charge in [-0.25, -0.2) is 0 Å². The summed E-state index contributed by atoms with van der Waals surface area (Å²) < 4.78 is 5.95. The molecule has 4 N–H and O–H groups in total. The van der Waals surface area contributed by atoms with Crippen LogP contribution in [-0.2, 0) is 4.74 Å². The molecule has 4 aliphatic rings. The summed E-state index contributed by atoms with van der Waals surface area (Å²) in [6.45, 7) is 11.5. The molecule has 5 heteroatoms. The van der Waals surface area contributed by atoms with Crippen molar-refractivity contribution in [2.75, 3.05) is 13.2 Å². The predicted octanol–water partition coefficient (Wildman–Crippen LogP) is 4.85. The second-order valence-electron chi connectivity index (χ2n) is 13.7. The van der Waals surface area contributed by atoms with E-state index in [1.54, 1.807) is 0 Å². The van der Waals surface area contributed by atoms with Gasteiger partial charge in [0.15, 0.2) is 0 Å². The van der Waals surface area contributed by atoms with E-state index in [0.717, 1.165) is 31.6 Å². The first-order chi connectivity index (χ1) is 16.4. The summed E-state index contributed by atoms with van der Waals surface area (Å²) in [7, 11) is 0. The minimum absolute atomic E-state index is 0.0592. The molecule has 8 unspecified atom stereocenters. The molecule has 10 atom stereocenters. The van der Waals surface area contributed by atoms with Crippen LogP contribution in [0.5, 0.6) is 0 Å². The molecule has 0 aromatic rings. The average molecular weight is 493 g/mol. The van der Waals surface area contributed by atoms with Gasteiger partial charge in [-0.3, -0.25) is 0 Å². The Morgan fingerprint density at radius 2 is 1.86 bits per heavy atom. The van der Waals surface area contributed by atoms with Crippen LogP contribution in [0.2, 0.25) is 0 Å². The summed E-state index contributed by atoms with van der Waals surface area (Å²) in [5, 5.41) is 41.7. The number of fused-ring (bicyclic) bond motifs is 5. The van der Waals surface area contributed by atoms with Gasteiger partial charge in [-0.2, -0.15) is 0 Å². The van der Waals surface area contributed by atoms with Gasteiger partial charge in [-0.1, -0.05) is 45.3 Å². The van der Waals surface area contributed by atoms with Crippen LogP contribution in [0.4, 0.5) is 0 Å². The van der Waals surface area contributed by atoms with Crippen LogP contribution in [0.15, 0.2) is 11.6 Å². The van der Waals surface area contributed by atoms with Gasteiger partial charge >= 0.3 is 0 Å². The Morgan fingerprint density at radius 1 is 1.11 bits per heavy atom. The van der Waals surface area contributed by atoms with Crippen LogP contribution in [0.3, 0.4) is 0 Å². The molecule has 0 aromatic carbocycles. The standard InChI is InChI=1S/C30H52O5/c1-19(8-6-14-28(2,3)34)22-11-12-23-21-10-9-20-18-25(32)26(35-17-7-16-31)27(33)30(20,5)24(21)13-15-29(22,23)4/h9,19,21-27,31-34H,6-8,10-18H2,1-5H3/t19-,21?,22?,23?,24?,25?,26?,27?,29?,30-/m1/s1. The lowest BCUT2D eigenvalue weighted by Crippen LogP contribution is -2.61. The number of allylic oxidation sites excluding steroid dienone is 1. The zero-order valence-electron chi connectivity index (χ0n) is 22.9. The van der Waals surface area contributed by atoms with Gasteiger partial charge in [0.1, 0.15) is 6.10 Å². The Bertz CT molecular complexity index is 758. The topological polar surface area (TPSA) is 90.2 Å². The molecular formula is C30H52O5. The SMILES string of the molecule is C[C@H](CCCC(C)(C)O)C1CCC2C3CC=C4CC(O)C(OCCCO)C(O)[C@@]4(C)C3CCC21C. The van der Waals surface area contributed by atoms with Crippen molar-refractivity contribution >= 4 is 0 Å². The first-order valence-electron chi connectivity index (χ1n) is 14.4. The number of rotatable bonds is 9. The average Bonchev–Trinajstić information content (AvgIpc) is 3.14. The molecule has 0 aliphatic heterocycles. The van der Waals surface area contributed by atoms with Crippen molar-refractivity contribution in [3.63, 3.8) is 0 Å². The molecule has 0 amide bonds. The van der Waals surface area contributed by atoms with Crippen LogP contribution in [0.25, 0.3) is 0 Å². The molecule has 202 valence electrons. The first kappa shape index (κ1) is 27.6. The Kier molecular flexibility index (Phi) is 8.16. The zero-order valence-corrected chi connectivity index (χ0v) is 22.9. The molecule has 0 aromatic heterocycles. The summed E-state index contributed by atoms with van der Waals surface area (Å²) >= 11 is 0. The van der Waals surface area contributed by atoms with E-state index in [1.165, 1.54) is 31.3 Å². The van der Waals surface area contributed by atoms with Gasteiger partial charge < -0.3 is 25.2 Å². The van der Waals surface area contributed by atoms with E-state index in [2.05, 4.69) is 26.8 Å². The number of aliphatic hydroxyl groups excluding tert-OH is 3. The van der Waals surface area contributed by atoms with Gasteiger partial charge in [0, 0.05) is 18.6 Å². The number of hydrogen-bond acceptors (Lipinski definition) is 5. The van der Waals surface area contributed by atoms with Crippen molar-refractivity contribution < 1.29 is 25.2 Å². The van der Waals surface area contributed by atoms with Crippen LogP contribution in [-0.4, -0.2) is 57.6 Å². The largest absolute Gasteiger partial charge is 0.396 e. The van der Waals surface area contributed by atoms with E-state index in [9.17, 15) is 15.3 Å². The van der Waals surface area contributed by atoms with Crippen molar-refractivity contribution in [3.05, 3.63) is 11.6 Å². The third kappa shape index (κ3) is 5.02. The molecule has 0 heterocycles. The van der Waals surface area contributed by atoms with E-state index in [0.29, 0.717) is 48.5 Å². The maximum Gasteiger partial charge on any atom is 0.110 e. The molecule has 5 nitrogen and oxygen atoms in total.